The number of halogens is 3. The molecule has 2 aliphatic rings. The molecule has 0 bridgehead atoms. The number of hydrogen-bond donors (Lipinski definition) is 0. The lowest BCUT2D eigenvalue weighted by molar-refractivity contribution is -0.137. The molecule has 2 aliphatic heterocycles. The largest absolute Gasteiger partial charge is 0.494 e. The predicted molar refractivity (Wildman–Crippen MR) is 114 cm³/mol. The number of piperazine rings is 1. The Morgan fingerprint density at radius 1 is 0.969 bits per heavy atom. The second-order valence-electron chi connectivity index (χ2n) is 7.79. The number of imide groups is 1. The second-order valence-corrected chi connectivity index (χ2v) is 7.79. The number of hydrogen-bond acceptors (Lipinski definition) is 5. The van der Waals surface area contributed by atoms with Crippen LogP contribution >= 0.6 is 0 Å². The van der Waals surface area contributed by atoms with Gasteiger partial charge in [-0.1, -0.05) is 6.07 Å². The van der Waals surface area contributed by atoms with Crippen molar-refractivity contribution < 1.29 is 27.5 Å². The highest BCUT2D eigenvalue weighted by Crippen LogP contribution is 2.32. The molecule has 170 valence electrons. The van der Waals surface area contributed by atoms with E-state index in [0.717, 1.165) is 12.1 Å². The van der Waals surface area contributed by atoms with E-state index in [0.29, 0.717) is 49.9 Å². The zero-order chi connectivity index (χ0) is 22.9. The molecule has 0 aliphatic carbocycles. The number of ether oxygens (including phenoxy) is 1. The number of carbonyl (C=O) groups is 2. The van der Waals surface area contributed by atoms with Gasteiger partial charge < -0.3 is 9.64 Å². The summed E-state index contributed by atoms with van der Waals surface area (Å²) < 4.78 is 44.4. The van der Waals surface area contributed by atoms with Gasteiger partial charge in [-0.25, -0.2) is 4.90 Å². The molecule has 1 atom stereocenters. The first-order valence-electron chi connectivity index (χ1n) is 10.5. The van der Waals surface area contributed by atoms with Crippen molar-refractivity contribution in [1.29, 1.82) is 0 Å². The molecule has 0 saturated carbocycles. The van der Waals surface area contributed by atoms with Crippen molar-refractivity contribution in [2.75, 3.05) is 42.6 Å². The van der Waals surface area contributed by atoms with Crippen molar-refractivity contribution in [2.24, 2.45) is 0 Å². The van der Waals surface area contributed by atoms with Gasteiger partial charge in [-0.3, -0.25) is 14.5 Å². The van der Waals surface area contributed by atoms with Gasteiger partial charge in [-0.15, -0.1) is 0 Å². The summed E-state index contributed by atoms with van der Waals surface area (Å²) in [5.41, 5.74) is 0.331. The van der Waals surface area contributed by atoms with Crippen LogP contribution in [0.2, 0.25) is 0 Å². The summed E-state index contributed by atoms with van der Waals surface area (Å²) in [6.45, 7) is 4.31. The van der Waals surface area contributed by atoms with Crippen LogP contribution in [0.5, 0.6) is 5.75 Å². The lowest BCUT2D eigenvalue weighted by Crippen LogP contribution is -2.52. The molecule has 4 rings (SSSR count). The Morgan fingerprint density at radius 3 is 2.28 bits per heavy atom. The molecule has 2 fully saturated rings. The van der Waals surface area contributed by atoms with Crippen LogP contribution < -0.4 is 14.5 Å². The summed E-state index contributed by atoms with van der Waals surface area (Å²) in [5, 5.41) is 0. The van der Waals surface area contributed by atoms with Crippen LogP contribution in [-0.2, 0) is 15.8 Å². The molecule has 0 spiro atoms. The van der Waals surface area contributed by atoms with Crippen molar-refractivity contribution in [3.63, 3.8) is 0 Å². The van der Waals surface area contributed by atoms with Crippen LogP contribution in [0.4, 0.5) is 24.5 Å². The number of anilines is 2. The van der Waals surface area contributed by atoms with Crippen molar-refractivity contribution in [3.05, 3.63) is 54.1 Å². The third-order valence-electron chi connectivity index (χ3n) is 5.82. The van der Waals surface area contributed by atoms with E-state index in [2.05, 4.69) is 0 Å². The standard InChI is InChI=1S/C23H24F3N3O3/c1-2-32-19-8-6-17(7-9-19)29-21(30)15-20(22(29)31)28-12-10-27(11-13-28)18-5-3-4-16(14-18)23(24,25)26/h3-9,14,20H,2,10-13,15H2,1H3/t20-/m1/s1. The zero-order valence-electron chi connectivity index (χ0n) is 17.6. The maximum Gasteiger partial charge on any atom is 0.416 e. The molecular formula is C23H24F3N3O3. The summed E-state index contributed by atoms with van der Waals surface area (Å²) in [6.07, 6.45) is -4.30. The minimum Gasteiger partial charge on any atom is -0.494 e. The SMILES string of the molecule is CCOc1ccc(N2C(=O)C[C@@H](N3CCN(c4cccc(C(F)(F)F)c4)CC3)C2=O)cc1. The molecule has 2 amide bonds. The van der Waals surface area contributed by atoms with Crippen LogP contribution in [-0.4, -0.2) is 55.5 Å². The van der Waals surface area contributed by atoms with Crippen molar-refractivity contribution in [3.8, 4) is 5.75 Å². The van der Waals surface area contributed by atoms with Gasteiger partial charge in [0.1, 0.15) is 5.75 Å². The predicted octanol–water partition coefficient (Wildman–Crippen LogP) is 3.56. The first-order valence-corrected chi connectivity index (χ1v) is 10.5. The quantitative estimate of drug-likeness (QED) is 0.657. The van der Waals surface area contributed by atoms with E-state index >= 15 is 0 Å². The number of rotatable bonds is 5. The first-order chi connectivity index (χ1) is 15.3. The van der Waals surface area contributed by atoms with Crippen molar-refractivity contribution in [2.45, 2.75) is 25.6 Å². The Bertz CT molecular complexity index is 986. The van der Waals surface area contributed by atoms with Gasteiger partial charge in [-0.05, 0) is 49.4 Å². The maximum atomic E-state index is 13.0. The molecule has 0 unspecified atom stereocenters. The Kier molecular flexibility index (Phi) is 6.10. The van der Waals surface area contributed by atoms with Gasteiger partial charge in [0, 0.05) is 31.9 Å². The molecule has 2 saturated heterocycles. The van der Waals surface area contributed by atoms with Gasteiger partial charge >= 0.3 is 6.18 Å². The van der Waals surface area contributed by atoms with Gasteiger partial charge in [0.25, 0.3) is 5.91 Å². The average Bonchev–Trinajstić information content (AvgIpc) is 3.08. The van der Waals surface area contributed by atoms with Gasteiger partial charge in [0.15, 0.2) is 0 Å². The smallest absolute Gasteiger partial charge is 0.416 e. The molecule has 6 nitrogen and oxygen atoms in total. The van der Waals surface area contributed by atoms with Crippen molar-refractivity contribution >= 4 is 23.2 Å². The summed E-state index contributed by atoms with van der Waals surface area (Å²) in [6, 6.07) is 11.5. The third kappa shape index (κ3) is 4.43. The van der Waals surface area contributed by atoms with Crippen LogP contribution in [0.25, 0.3) is 0 Å². The van der Waals surface area contributed by atoms with Gasteiger partial charge in [-0.2, -0.15) is 13.2 Å². The number of alkyl halides is 3. The molecule has 0 N–H and O–H groups in total. The van der Waals surface area contributed by atoms with E-state index < -0.39 is 17.8 Å². The Hall–Kier alpha value is -3.07. The Labute approximate surface area is 184 Å². The fraction of sp³-hybridized carbons (Fsp3) is 0.391. The molecular weight excluding hydrogens is 423 g/mol. The topological polar surface area (TPSA) is 53.1 Å². The molecule has 9 heteroatoms. The molecule has 0 radical (unpaired) electrons. The highest BCUT2D eigenvalue weighted by Gasteiger charge is 2.43. The van der Waals surface area contributed by atoms with Crippen LogP contribution in [0.1, 0.15) is 18.9 Å². The van der Waals surface area contributed by atoms with Crippen molar-refractivity contribution in [1.82, 2.24) is 4.90 Å². The fourth-order valence-electron chi connectivity index (χ4n) is 4.20. The monoisotopic (exact) mass is 447 g/mol. The third-order valence-corrected chi connectivity index (χ3v) is 5.82. The normalized spacial score (nSPS) is 20.2. The number of amides is 2. The average molecular weight is 447 g/mol. The summed E-state index contributed by atoms with van der Waals surface area (Å²) in [4.78, 5) is 30.6. The number of benzene rings is 2. The Balaban J connectivity index is 1.41. The van der Waals surface area contributed by atoms with Crippen LogP contribution in [0, 0.1) is 0 Å². The van der Waals surface area contributed by atoms with Crippen LogP contribution in [0.15, 0.2) is 48.5 Å². The van der Waals surface area contributed by atoms with E-state index in [-0.39, 0.29) is 18.2 Å². The van der Waals surface area contributed by atoms with E-state index in [1.165, 1.54) is 11.0 Å². The van der Waals surface area contributed by atoms with E-state index in [1.54, 1.807) is 30.3 Å². The molecule has 2 aromatic carbocycles. The summed E-state index contributed by atoms with van der Waals surface area (Å²) in [5.74, 6) is 0.133. The van der Waals surface area contributed by atoms with Gasteiger partial charge in [0.2, 0.25) is 5.91 Å². The highest BCUT2D eigenvalue weighted by atomic mass is 19.4. The summed E-state index contributed by atoms with van der Waals surface area (Å²) >= 11 is 0. The first kappa shape index (κ1) is 22.1. The van der Waals surface area contributed by atoms with Gasteiger partial charge in [0.05, 0.1) is 30.3 Å². The van der Waals surface area contributed by atoms with E-state index in [9.17, 15) is 22.8 Å². The van der Waals surface area contributed by atoms with E-state index in [4.69, 9.17) is 4.74 Å². The zero-order valence-corrected chi connectivity index (χ0v) is 17.6. The minimum absolute atomic E-state index is 0.0929. The van der Waals surface area contributed by atoms with Crippen LogP contribution in [0.3, 0.4) is 0 Å². The lowest BCUT2D eigenvalue weighted by Gasteiger charge is -2.38. The fourth-order valence-corrected chi connectivity index (χ4v) is 4.20. The Morgan fingerprint density at radius 2 is 1.66 bits per heavy atom. The maximum absolute atomic E-state index is 13.0. The molecule has 32 heavy (non-hydrogen) atoms. The second kappa shape index (κ2) is 8.82. The lowest BCUT2D eigenvalue weighted by atomic mass is 10.1. The minimum atomic E-state index is -4.39. The molecule has 0 aromatic heterocycles. The highest BCUT2D eigenvalue weighted by molar-refractivity contribution is 6.22. The number of nitrogens with zero attached hydrogens (tertiary/aromatic N) is 3. The molecule has 2 aromatic rings. The summed E-state index contributed by atoms with van der Waals surface area (Å²) in [7, 11) is 0. The number of carbonyl (C=O) groups excluding carboxylic acids is 2. The van der Waals surface area contributed by atoms with E-state index in [1.807, 2.05) is 16.7 Å². The molecule has 2 heterocycles.